The SMILES string of the molecule is COc1ccc(OCC(=O)O[C@H](C)C(=O)N[C@H]2CCC[C@@H](C)[C@H]2C)cc1. The molecule has 2 rings (SSSR count). The van der Waals surface area contributed by atoms with Gasteiger partial charge >= 0.3 is 5.97 Å². The highest BCUT2D eigenvalue weighted by molar-refractivity contribution is 5.83. The molecule has 144 valence electrons. The van der Waals surface area contributed by atoms with Crippen molar-refractivity contribution in [3.8, 4) is 11.5 Å². The molecule has 0 saturated heterocycles. The third-order valence-electron chi connectivity index (χ3n) is 5.13. The Hall–Kier alpha value is -2.24. The van der Waals surface area contributed by atoms with Gasteiger partial charge in [0.05, 0.1) is 7.11 Å². The van der Waals surface area contributed by atoms with E-state index in [1.54, 1.807) is 38.3 Å². The lowest BCUT2D eigenvalue weighted by molar-refractivity contribution is -0.157. The topological polar surface area (TPSA) is 73.9 Å². The molecule has 1 saturated carbocycles. The van der Waals surface area contributed by atoms with E-state index in [0.29, 0.717) is 23.3 Å². The van der Waals surface area contributed by atoms with E-state index < -0.39 is 12.1 Å². The maximum Gasteiger partial charge on any atom is 0.344 e. The molecule has 1 aromatic carbocycles. The fraction of sp³-hybridized carbons (Fsp3) is 0.600. The van der Waals surface area contributed by atoms with E-state index in [1.807, 2.05) is 0 Å². The largest absolute Gasteiger partial charge is 0.497 e. The number of carbonyl (C=O) groups is 2. The van der Waals surface area contributed by atoms with Crippen LogP contribution in [0.25, 0.3) is 0 Å². The van der Waals surface area contributed by atoms with Crippen LogP contribution in [0, 0.1) is 11.8 Å². The van der Waals surface area contributed by atoms with E-state index in [2.05, 4.69) is 19.2 Å². The molecule has 26 heavy (non-hydrogen) atoms. The Bertz CT molecular complexity index is 601. The van der Waals surface area contributed by atoms with Crippen LogP contribution >= 0.6 is 0 Å². The van der Waals surface area contributed by atoms with Gasteiger partial charge in [0.25, 0.3) is 5.91 Å². The predicted molar refractivity (Wildman–Crippen MR) is 98.2 cm³/mol. The second-order valence-corrected chi connectivity index (χ2v) is 6.98. The van der Waals surface area contributed by atoms with Crippen molar-refractivity contribution in [2.24, 2.45) is 11.8 Å². The lowest BCUT2D eigenvalue weighted by Gasteiger charge is -2.35. The molecule has 0 aromatic heterocycles. The van der Waals surface area contributed by atoms with Crippen LogP contribution in [-0.4, -0.2) is 37.7 Å². The highest BCUT2D eigenvalue weighted by atomic mass is 16.6. The van der Waals surface area contributed by atoms with Gasteiger partial charge in [-0.1, -0.05) is 26.7 Å². The number of rotatable bonds is 7. The number of carbonyl (C=O) groups excluding carboxylic acids is 2. The smallest absolute Gasteiger partial charge is 0.344 e. The van der Waals surface area contributed by atoms with Crippen molar-refractivity contribution in [1.29, 1.82) is 0 Å². The Morgan fingerprint density at radius 2 is 1.81 bits per heavy atom. The van der Waals surface area contributed by atoms with Crippen LogP contribution in [-0.2, 0) is 14.3 Å². The molecule has 1 aliphatic rings. The standard InChI is InChI=1S/C20H29NO5/c1-13-6-5-7-18(14(13)2)21-20(23)15(3)26-19(22)12-25-17-10-8-16(24-4)9-11-17/h8-11,13-15,18H,5-7,12H2,1-4H3,(H,21,23)/t13-,14-,15-,18+/m1/s1. The molecule has 1 amide bonds. The summed E-state index contributed by atoms with van der Waals surface area (Å²) in [6.45, 7) is 5.70. The fourth-order valence-electron chi connectivity index (χ4n) is 3.18. The monoisotopic (exact) mass is 363 g/mol. The highest BCUT2D eigenvalue weighted by Gasteiger charge is 2.30. The maximum absolute atomic E-state index is 12.3. The lowest BCUT2D eigenvalue weighted by Crippen LogP contribution is -2.47. The van der Waals surface area contributed by atoms with Crippen LogP contribution < -0.4 is 14.8 Å². The first-order valence-corrected chi connectivity index (χ1v) is 9.17. The van der Waals surface area contributed by atoms with E-state index in [0.717, 1.165) is 12.8 Å². The summed E-state index contributed by atoms with van der Waals surface area (Å²) in [6.07, 6.45) is 2.44. The summed E-state index contributed by atoms with van der Waals surface area (Å²) in [4.78, 5) is 24.2. The number of ether oxygens (including phenoxy) is 3. The van der Waals surface area contributed by atoms with Crippen LogP contribution in [0.3, 0.4) is 0 Å². The zero-order chi connectivity index (χ0) is 19.1. The molecule has 1 aromatic rings. The molecule has 6 heteroatoms. The van der Waals surface area contributed by atoms with E-state index in [-0.39, 0.29) is 18.6 Å². The maximum atomic E-state index is 12.3. The van der Waals surface area contributed by atoms with E-state index in [4.69, 9.17) is 14.2 Å². The van der Waals surface area contributed by atoms with Crippen LogP contribution in [0.4, 0.5) is 0 Å². The number of methoxy groups -OCH3 is 1. The van der Waals surface area contributed by atoms with Crippen LogP contribution in [0.1, 0.15) is 40.0 Å². The molecule has 0 radical (unpaired) electrons. The van der Waals surface area contributed by atoms with Crippen LogP contribution in [0.5, 0.6) is 11.5 Å². The number of hydrogen-bond donors (Lipinski definition) is 1. The quantitative estimate of drug-likeness (QED) is 0.754. The molecule has 0 spiro atoms. The molecule has 0 bridgehead atoms. The first-order chi connectivity index (χ1) is 12.4. The Balaban J connectivity index is 1.75. The van der Waals surface area contributed by atoms with Gasteiger partial charge in [0.1, 0.15) is 11.5 Å². The van der Waals surface area contributed by atoms with Gasteiger partial charge in [0, 0.05) is 6.04 Å². The Morgan fingerprint density at radius 1 is 1.15 bits per heavy atom. The summed E-state index contributed by atoms with van der Waals surface area (Å²) in [5, 5.41) is 3.02. The predicted octanol–water partition coefficient (Wildman–Crippen LogP) is 2.95. The fourth-order valence-corrected chi connectivity index (χ4v) is 3.18. The minimum absolute atomic E-state index is 0.142. The molecule has 1 aliphatic carbocycles. The first kappa shape index (κ1) is 20.1. The lowest BCUT2D eigenvalue weighted by atomic mass is 9.78. The van der Waals surface area contributed by atoms with Crippen LogP contribution in [0.2, 0.25) is 0 Å². The van der Waals surface area contributed by atoms with Gasteiger partial charge in [-0.15, -0.1) is 0 Å². The number of hydrogen-bond acceptors (Lipinski definition) is 5. The summed E-state index contributed by atoms with van der Waals surface area (Å²) in [5.41, 5.74) is 0. The van der Waals surface area contributed by atoms with Gasteiger partial charge in [-0.3, -0.25) is 4.79 Å². The minimum Gasteiger partial charge on any atom is -0.497 e. The van der Waals surface area contributed by atoms with Gasteiger partial charge in [0.2, 0.25) is 0 Å². The summed E-state index contributed by atoms with van der Waals surface area (Å²) in [6, 6.07) is 7.02. The molecule has 0 aliphatic heterocycles. The van der Waals surface area contributed by atoms with Crippen molar-refractivity contribution < 1.29 is 23.8 Å². The average Bonchev–Trinajstić information content (AvgIpc) is 2.64. The first-order valence-electron chi connectivity index (χ1n) is 9.17. The van der Waals surface area contributed by atoms with Gasteiger partial charge in [-0.2, -0.15) is 0 Å². The molecule has 0 unspecified atom stereocenters. The van der Waals surface area contributed by atoms with Crippen molar-refractivity contribution in [2.45, 2.75) is 52.2 Å². The van der Waals surface area contributed by atoms with Gasteiger partial charge in [-0.05, 0) is 49.4 Å². The van der Waals surface area contributed by atoms with Gasteiger partial charge in [-0.25, -0.2) is 4.79 Å². The van der Waals surface area contributed by atoms with E-state index >= 15 is 0 Å². The minimum atomic E-state index is -0.841. The van der Waals surface area contributed by atoms with Crippen molar-refractivity contribution in [2.75, 3.05) is 13.7 Å². The van der Waals surface area contributed by atoms with Gasteiger partial charge < -0.3 is 19.5 Å². The van der Waals surface area contributed by atoms with Crippen molar-refractivity contribution in [3.05, 3.63) is 24.3 Å². The molecular formula is C20H29NO5. The Labute approximate surface area is 155 Å². The summed E-state index contributed by atoms with van der Waals surface area (Å²) in [5.74, 6) is 1.42. The van der Waals surface area contributed by atoms with Crippen molar-refractivity contribution in [3.63, 3.8) is 0 Å². The second-order valence-electron chi connectivity index (χ2n) is 6.98. The molecular weight excluding hydrogens is 334 g/mol. The summed E-state index contributed by atoms with van der Waals surface area (Å²) in [7, 11) is 1.58. The molecule has 6 nitrogen and oxygen atoms in total. The number of benzene rings is 1. The van der Waals surface area contributed by atoms with Gasteiger partial charge in [0.15, 0.2) is 12.7 Å². The molecule has 0 heterocycles. The molecule has 1 N–H and O–H groups in total. The zero-order valence-electron chi connectivity index (χ0n) is 16.0. The average molecular weight is 363 g/mol. The number of nitrogens with one attached hydrogen (secondary N) is 1. The van der Waals surface area contributed by atoms with Crippen molar-refractivity contribution >= 4 is 11.9 Å². The molecule has 1 fully saturated rings. The van der Waals surface area contributed by atoms with E-state index in [9.17, 15) is 9.59 Å². The Morgan fingerprint density at radius 3 is 2.46 bits per heavy atom. The molecule has 4 atom stereocenters. The van der Waals surface area contributed by atoms with E-state index in [1.165, 1.54) is 6.42 Å². The second kappa shape index (κ2) is 9.46. The number of amides is 1. The Kier molecular flexibility index (Phi) is 7.30. The summed E-state index contributed by atoms with van der Waals surface area (Å²) >= 11 is 0. The third kappa shape index (κ3) is 5.64. The summed E-state index contributed by atoms with van der Waals surface area (Å²) < 4.78 is 15.6. The highest BCUT2D eigenvalue weighted by Crippen LogP contribution is 2.29. The number of esters is 1. The normalized spacial score (nSPS) is 23.6. The van der Waals surface area contributed by atoms with Crippen molar-refractivity contribution in [1.82, 2.24) is 5.32 Å². The zero-order valence-corrected chi connectivity index (χ0v) is 16.0. The van der Waals surface area contributed by atoms with Crippen LogP contribution in [0.15, 0.2) is 24.3 Å². The third-order valence-corrected chi connectivity index (χ3v) is 5.13.